The van der Waals surface area contributed by atoms with E-state index in [9.17, 15) is 14.4 Å². The summed E-state index contributed by atoms with van der Waals surface area (Å²) in [4.78, 5) is 42.5. The summed E-state index contributed by atoms with van der Waals surface area (Å²) in [5.41, 5.74) is 8.20. The Morgan fingerprint density at radius 2 is 1.59 bits per heavy atom. The van der Waals surface area contributed by atoms with Crippen LogP contribution in [0.3, 0.4) is 0 Å². The van der Waals surface area contributed by atoms with Crippen LogP contribution in [0.5, 0.6) is 0 Å². The minimum atomic E-state index is -0.472. The molecule has 0 spiro atoms. The molecular weight excluding hydrogens is 364 g/mol. The number of nitrogens with zero attached hydrogens (tertiary/aromatic N) is 2. The quantitative estimate of drug-likeness (QED) is 0.679. The molecule has 1 aromatic heterocycles. The van der Waals surface area contributed by atoms with E-state index in [0.717, 1.165) is 4.90 Å². The summed E-state index contributed by atoms with van der Waals surface area (Å²) in [6, 6.07) is 13.7. The zero-order chi connectivity index (χ0) is 19.0. The number of aromatic nitrogens is 1. The van der Waals surface area contributed by atoms with Crippen LogP contribution in [0.4, 0.5) is 10.8 Å². The fraction of sp³-hybridized carbons (Fsp3) is 0.0526. The van der Waals surface area contributed by atoms with Crippen molar-refractivity contribution in [2.24, 2.45) is 0 Å². The topological polar surface area (TPSA) is 105 Å². The molecule has 134 valence electrons. The van der Waals surface area contributed by atoms with Crippen molar-refractivity contribution in [1.29, 1.82) is 0 Å². The molecule has 0 atom stereocenters. The van der Waals surface area contributed by atoms with E-state index >= 15 is 0 Å². The number of nitrogens with one attached hydrogen (secondary N) is 1. The molecule has 0 aliphatic carbocycles. The molecule has 8 heteroatoms. The third-order valence-electron chi connectivity index (χ3n) is 4.18. The lowest BCUT2D eigenvalue weighted by Crippen LogP contribution is -2.37. The van der Waals surface area contributed by atoms with Gasteiger partial charge < -0.3 is 11.1 Å². The molecule has 1 aliphatic rings. The Balaban J connectivity index is 1.53. The maximum atomic E-state index is 12.5. The number of rotatable bonds is 4. The molecule has 4 rings (SSSR count). The number of imide groups is 1. The number of hydrogen-bond donors (Lipinski definition) is 2. The van der Waals surface area contributed by atoms with Gasteiger partial charge in [-0.3, -0.25) is 19.3 Å². The summed E-state index contributed by atoms with van der Waals surface area (Å²) >= 11 is 1.30. The predicted molar refractivity (Wildman–Crippen MR) is 102 cm³/mol. The summed E-state index contributed by atoms with van der Waals surface area (Å²) in [5.74, 6) is -1.40. The maximum absolute atomic E-state index is 12.5. The van der Waals surface area contributed by atoms with Gasteiger partial charge in [0.25, 0.3) is 11.8 Å². The van der Waals surface area contributed by atoms with Crippen LogP contribution in [-0.4, -0.2) is 34.2 Å². The van der Waals surface area contributed by atoms with Crippen LogP contribution in [0.2, 0.25) is 0 Å². The van der Waals surface area contributed by atoms with E-state index in [1.165, 1.54) is 11.3 Å². The summed E-state index contributed by atoms with van der Waals surface area (Å²) in [6.07, 6.45) is 0. The number of carbonyl (C=O) groups excluding carboxylic acids is 3. The van der Waals surface area contributed by atoms with E-state index in [4.69, 9.17) is 5.73 Å². The number of amides is 3. The van der Waals surface area contributed by atoms with Gasteiger partial charge in [0, 0.05) is 10.9 Å². The van der Waals surface area contributed by atoms with Crippen LogP contribution in [0.1, 0.15) is 20.7 Å². The first kappa shape index (κ1) is 16.9. The van der Waals surface area contributed by atoms with E-state index in [1.807, 2.05) is 12.1 Å². The van der Waals surface area contributed by atoms with Gasteiger partial charge in [-0.05, 0) is 18.2 Å². The second-order valence-electron chi connectivity index (χ2n) is 5.91. The number of nitrogens with two attached hydrogens (primary N) is 1. The molecule has 0 unspecified atom stereocenters. The van der Waals surface area contributed by atoms with Crippen molar-refractivity contribution >= 4 is 39.9 Å². The fourth-order valence-electron chi connectivity index (χ4n) is 2.94. The van der Waals surface area contributed by atoms with Gasteiger partial charge in [0.2, 0.25) is 5.91 Å². The lowest BCUT2D eigenvalue weighted by atomic mass is 10.1. The lowest BCUT2D eigenvalue weighted by molar-refractivity contribution is -0.116. The number of carbonyl (C=O) groups is 3. The Morgan fingerprint density at radius 3 is 2.19 bits per heavy atom. The number of para-hydroxylation sites is 1. The summed E-state index contributed by atoms with van der Waals surface area (Å²) in [5, 5.41) is 4.98. The van der Waals surface area contributed by atoms with Gasteiger partial charge in [0.05, 0.1) is 22.5 Å². The SMILES string of the molecule is Nc1nc(-c2ccccc2NC(=O)CN2C(=O)c3ccccc3C2=O)cs1. The van der Waals surface area contributed by atoms with Gasteiger partial charge in [0.15, 0.2) is 5.13 Å². The maximum Gasteiger partial charge on any atom is 0.262 e. The normalized spacial score (nSPS) is 13.0. The first-order valence-corrected chi connectivity index (χ1v) is 8.98. The Morgan fingerprint density at radius 1 is 1.00 bits per heavy atom. The van der Waals surface area contributed by atoms with Crippen LogP contribution in [0, 0.1) is 0 Å². The second kappa shape index (κ2) is 6.65. The Labute approximate surface area is 158 Å². The molecule has 0 fully saturated rings. The minimum absolute atomic E-state index is 0.314. The first-order chi connectivity index (χ1) is 13.0. The zero-order valence-electron chi connectivity index (χ0n) is 14.0. The van der Waals surface area contributed by atoms with Crippen LogP contribution < -0.4 is 11.1 Å². The average Bonchev–Trinajstić information content (AvgIpc) is 3.20. The van der Waals surface area contributed by atoms with Gasteiger partial charge in [-0.15, -0.1) is 11.3 Å². The van der Waals surface area contributed by atoms with Crippen LogP contribution in [0.15, 0.2) is 53.9 Å². The van der Waals surface area contributed by atoms with E-state index in [0.29, 0.717) is 33.2 Å². The molecule has 3 N–H and O–H groups in total. The number of benzene rings is 2. The number of hydrogen-bond acceptors (Lipinski definition) is 6. The molecule has 27 heavy (non-hydrogen) atoms. The Kier molecular flexibility index (Phi) is 4.17. The molecule has 7 nitrogen and oxygen atoms in total. The molecule has 0 saturated carbocycles. The van der Waals surface area contributed by atoms with Crippen molar-refractivity contribution in [3.05, 3.63) is 65.0 Å². The smallest absolute Gasteiger partial charge is 0.262 e. The van der Waals surface area contributed by atoms with Crippen molar-refractivity contribution in [1.82, 2.24) is 9.88 Å². The number of fused-ring (bicyclic) bond motifs is 1. The monoisotopic (exact) mass is 378 g/mol. The Hall–Kier alpha value is -3.52. The Bertz CT molecular complexity index is 1040. The third-order valence-corrected chi connectivity index (χ3v) is 4.85. The summed E-state index contributed by atoms with van der Waals surface area (Å²) in [7, 11) is 0. The van der Waals surface area contributed by atoms with Gasteiger partial charge in [-0.25, -0.2) is 4.98 Å². The molecule has 0 bridgehead atoms. The van der Waals surface area contributed by atoms with E-state index in [-0.39, 0.29) is 6.54 Å². The predicted octanol–water partition coefficient (Wildman–Crippen LogP) is 2.63. The molecular formula is C19H14N4O3S. The molecule has 2 heterocycles. The van der Waals surface area contributed by atoms with Crippen LogP contribution in [0.25, 0.3) is 11.3 Å². The first-order valence-electron chi connectivity index (χ1n) is 8.10. The van der Waals surface area contributed by atoms with Gasteiger partial charge in [-0.2, -0.15) is 0 Å². The highest BCUT2D eigenvalue weighted by atomic mass is 32.1. The van der Waals surface area contributed by atoms with Crippen molar-refractivity contribution in [2.45, 2.75) is 0 Å². The minimum Gasteiger partial charge on any atom is -0.375 e. The van der Waals surface area contributed by atoms with Gasteiger partial charge in [-0.1, -0.05) is 30.3 Å². The fourth-order valence-corrected chi connectivity index (χ4v) is 3.51. The zero-order valence-corrected chi connectivity index (χ0v) is 14.8. The van der Waals surface area contributed by atoms with Crippen molar-refractivity contribution in [3.8, 4) is 11.3 Å². The molecule has 1 aliphatic heterocycles. The summed E-state index contributed by atoms with van der Waals surface area (Å²) < 4.78 is 0. The average molecular weight is 378 g/mol. The van der Waals surface area contributed by atoms with Crippen LogP contribution in [-0.2, 0) is 4.79 Å². The summed E-state index contributed by atoms with van der Waals surface area (Å²) in [6.45, 7) is -0.361. The highest BCUT2D eigenvalue weighted by Crippen LogP contribution is 2.30. The van der Waals surface area contributed by atoms with E-state index < -0.39 is 17.7 Å². The molecule has 3 aromatic rings. The number of thiazole rings is 1. The largest absolute Gasteiger partial charge is 0.375 e. The highest BCUT2D eigenvalue weighted by molar-refractivity contribution is 7.13. The van der Waals surface area contributed by atoms with Crippen molar-refractivity contribution in [3.63, 3.8) is 0 Å². The number of anilines is 2. The van der Waals surface area contributed by atoms with E-state index in [1.54, 1.807) is 41.8 Å². The van der Waals surface area contributed by atoms with Crippen LogP contribution >= 0.6 is 11.3 Å². The molecule has 2 aromatic carbocycles. The molecule has 0 saturated heterocycles. The second-order valence-corrected chi connectivity index (χ2v) is 6.80. The van der Waals surface area contributed by atoms with Crippen molar-refractivity contribution in [2.75, 3.05) is 17.6 Å². The molecule has 3 amide bonds. The van der Waals surface area contributed by atoms with E-state index in [2.05, 4.69) is 10.3 Å². The lowest BCUT2D eigenvalue weighted by Gasteiger charge is -2.15. The number of nitrogen functional groups attached to an aromatic ring is 1. The standard InChI is InChI=1S/C19H14N4O3S/c20-19-22-15(10-27-19)13-7-3-4-8-14(13)21-16(24)9-23-17(25)11-5-1-2-6-12(11)18(23)26/h1-8,10H,9H2,(H2,20,22)(H,21,24). The third kappa shape index (κ3) is 3.06. The van der Waals surface area contributed by atoms with Crippen molar-refractivity contribution < 1.29 is 14.4 Å². The van der Waals surface area contributed by atoms with Gasteiger partial charge in [0.1, 0.15) is 6.54 Å². The molecule has 0 radical (unpaired) electrons. The van der Waals surface area contributed by atoms with Gasteiger partial charge >= 0.3 is 0 Å². The highest BCUT2D eigenvalue weighted by Gasteiger charge is 2.36.